The third-order valence-corrected chi connectivity index (χ3v) is 3.94. The van der Waals surface area contributed by atoms with Gasteiger partial charge in [-0.05, 0) is 37.1 Å². The van der Waals surface area contributed by atoms with Gasteiger partial charge in [0.2, 0.25) is 5.91 Å². The molecule has 2 aliphatic heterocycles. The maximum atomic E-state index is 11.3. The highest BCUT2D eigenvalue weighted by Gasteiger charge is 2.40. The summed E-state index contributed by atoms with van der Waals surface area (Å²) in [4.78, 5) is 13.6. The van der Waals surface area contributed by atoms with Gasteiger partial charge < -0.3 is 10.6 Å². The Hall–Kier alpha value is -1.75. The third-order valence-electron chi connectivity index (χ3n) is 3.94. The molecular weight excluding hydrogens is 228 g/mol. The second-order valence-electron chi connectivity index (χ2n) is 5.21. The van der Waals surface area contributed by atoms with Crippen LogP contribution in [0.4, 0.5) is 11.4 Å². The van der Waals surface area contributed by atoms with Crippen molar-refractivity contribution in [1.29, 1.82) is 0 Å². The zero-order valence-electron chi connectivity index (χ0n) is 10.3. The molecule has 4 N–H and O–H groups in total. The van der Waals surface area contributed by atoms with Gasteiger partial charge in [-0.1, -0.05) is 0 Å². The average molecular weight is 246 g/mol. The number of carbonyl (C=O) groups is 1. The molecule has 0 aliphatic carbocycles. The number of hydrogen-bond acceptors (Lipinski definition) is 4. The maximum Gasteiger partial charge on any atom is 0.236 e. The Kier molecular flexibility index (Phi) is 2.63. The Balaban J connectivity index is 1.66. The maximum absolute atomic E-state index is 11.3. The summed E-state index contributed by atoms with van der Waals surface area (Å²) in [6.45, 7) is 1.93. The van der Waals surface area contributed by atoms with Gasteiger partial charge in [-0.2, -0.15) is 0 Å². The molecular formula is C13H18N4O. The highest BCUT2D eigenvalue weighted by Crippen LogP contribution is 2.30. The fourth-order valence-electron chi connectivity index (χ4n) is 2.78. The van der Waals surface area contributed by atoms with Gasteiger partial charge in [0.1, 0.15) is 0 Å². The van der Waals surface area contributed by atoms with Gasteiger partial charge in [0.05, 0.1) is 0 Å². The summed E-state index contributed by atoms with van der Waals surface area (Å²) < 4.78 is 0. The molecule has 5 nitrogen and oxygen atoms in total. The third kappa shape index (κ3) is 2.01. The molecule has 5 heteroatoms. The van der Waals surface area contributed by atoms with Crippen molar-refractivity contribution in [2.75, 3.05) is 23.7 Å². The van der Waals surface area contributed by atoms with Crippen LogP contribution in [0, 0.1) is 0 Å². The van der Waals surface area contributed by atoms with E-state index in [0.717, 1.165) is 31.6 Å². The van der Waals surface area contributed by atoms with Gasteiger partial charge in [-0.15, -0.1) is 0 Å². The van der Waals surface area contributed by atoms with E-state index in [1.54, 1.807) is 0 Å². The highest BCUT2D eigenvalue weighted by molar-refractivity contribution is 5.79. The number of benzene rings is 1. The van der Waals surface area contributed by atoms with Crippen molar-refractivity contribution in [3.05, 3.63) is 24.3 Å². The minimum Gasteiger partial charge on any atom is -0.399 e. The van der Waals surface area contributed by atoms with E-state index in [9.17, 15) is 4.79 Å². The molecule has 2 heterocycles. The number of nitrogens with one attached hydrogen (secondary N) is 2. The second-order valence-corrected chi connectivity index (χ2v) is 5.21. The van der Waals surface area contributed by atoms with Crippen LogP contribution in [0.15, 0.2) is 24.3 Å². The lowest BCUT2D eigenvalue weighted by atomic mass is 9.86. The Morgan fingerprint density at radius 3 is 2.39 bits per heavy atom. The topological polar surface area (TPSA) is 70.4 Å². The molecule has 3 rings (SSSR count). The van der Waals surface area contributed by atoms with E-state index >= 15 is 0 Å². The minimum absolute atomic E-state index is 0.0264. The Labute approximate surface area is 106 Å². The fraction of sp³-hybridized carbons (Fsp3) is 0.462. The molecule has 2 fully saturated rings. The zero-order chi connectivity index (χ0) is 12.6. The van der Waals surface area contributed by atoms with Crippen LogP contribution in [0.1, 0.15) is 19.3 Å². The van der Waals surface area contributed by atoms with Gasteiger partial charge in [0, 0.05) is 36.4 Å². The van der Waals surface area contributed by atoms with Gasteiger partial charge >= 0.3 is 0 Å². The normalized spacial score (nSPS) is 22.2. The highest BCUT2D eigenvalue weighted by atomic mass is 16.2. The van der Waals surface area contributed by atoms with Crippen LogP contribution >= 0.6 is 0 Å². The molecule has 0 atom stereocenters. The first kappa shape index (κ1) is 11.3. The van der Waals surface area contributed by atoms with E-state index in [4.69, 9.17) is 5.73 Å². The number of amides is 1. The molecule has 1 aromatic carbocycles. The second kappa shape index (κ2) is 4.17. The number of hydrazine groups is 1. The lowest BCUT2D eigenvalue weighted by molar-refractivity contribution is -0.119. The summed E-state index contributed by atoms with van der Waals surface area (Å²) >= 11 is 0. The molecule has 2 aliphatic rings. The number of nitrogen functional groups attached to an aromatic ring is 1. The minimum atomic E-state index is -0.0264. The van der Waals surface area contributed by atoms with Crippen molar-refractivity contribution in [2.24, 2.45) is 0 Å². The number of hydrogen-bond donors (Lipinski definition) is 3. The predicted molar refractivity (Wildman–Crippen MR) is 70.9 cm³/mol. The number of rotatable bonds is 1. The summed E-state index contributed by atoms with van der Waals surface area (Å²) in [5.41, 5.74) is 13.5. The molecule has 1 amide bonds. The molecule has 1 aromatic rings. The van der Waals surface area contributed by atoms with Gasteiger partial charge in [0.25, 0.3) is 0 Å². The quantitative estimate of drug-likeness (QED) is 0.636. The van der Waals surface area contributed by atoms with Gasteiger partial charge in [-0.25, -0.2) is 5.43 Å². The number of piperidine rings is 1. The van der Waals surface area contributed by atoms with Crippen molar-refractivity contribution in [2.45, 2.75) is 24.8 Å². The molecule has 0 saturated carbocycles. The first-order valence-electron chi connectivity index (χ1n) is 6.33. The number of anilines is 2. The van der Waals surface area contributed by atoms with E-state index in [0.29, 0.717) is 6.42 Å². The lowest BCUT2D eigenvalue weighted by Crippen LogP contribution is -2.52. The van der Waals surface area contributed by atoms with Crippen molar-refractivity contribution in [3.63, 3.8) is 0 Å². The van der Waals surface area contributed by atoms with Crippen LogP contribution in [0.5, 0.6) is 0 Å². The largest absolute Gasteiger partial charge is 0.399 e. The summed E-state index contributed by atoms with van der Waals surface area (Å²) in [6.07, 6.45) is 2.56. The van der Waals surface area contributed by atoms with Crippen molar-refractivity contribution in [1.82, 2.24) is 10.9 Å². The average Bonchev–Trinajstić information content (AvgIpc) is 2.73. The molecule has 96 valence electrons. The van der Waals surface area contributed by atoms with E-state index in [1.807, 2.05) is 12.1 Å². The van der Waals surface area contributed by atoms with E-state index in [2.05, 4.69) is 27.9 Å². The summed E-state index contributed by atoms with van der Waals surface area (Å²) in [5.74, 6) is 0.107. The van der Waals surface area contributed by atoms with Crippen LogP contribution in [0.25, 0.3) is 0 Å². The Morgan fingerprint density at radius 2 is 1.83 bits per heavy atom. The van der Waals surface area contributed by atoms with Crippen molar-refractivity contribution in [3.8, 4) is 0 Å². The molecule has 1 spiro atoms. The van der Waals surface area contributed by atoms with E-state index in [1.165, 1.54) is 5.69 Å². The van der Waals surface area contributed by atoms with Crippen molar-refractivity contribution < 1.29 is 4.79 Å². The number of carbonyl (C=O) groups excluding carboxylic acids is 1. The van der Waals surface area contributed by atoms with Crippen LogP contribution in [0.2, 0.25) is 0 Å². The van der Waals surface area contributed by atoms with Crippen LogP contribution in [-0.4, -0.2) is 24.5 Å². The number of nitrogens with zero attached hydrogens (tertiary/aromatic N) is 1. The molecule has 0 unspecified atom stereocenters. The predicted octanol–water partition coefficient (Wildman–Crippen LogP) is 0.632. The molecule has 2 saturated heterocycles. The van der Waals surface area contributed by atoms with Crippen LogP contribution in [-0.2, 0) is 4.79 Å². The van der Waals surface area contributed by atoms with Crippen LogP contribution in [0.3, 0.4) is 0 Å². The summed E-state index contributed by atoms with van der Waals surface area (Å²) in [7, 11) is 0. The summed E-state index contributed by atoms with van der Waals surface area (Å²) in [6, 6.07) is 7.97. The molecule has 0 aromatic heterocycles. The monoisotopic (exact) mass is 246 g/mol. The zero-order valence-corrected chi connectivity index (χ0v) is 10.3. The van der Waals surface area contributed by atoms with E-state index < -0.39 is 0 Å². The van der Waals surface area contributed by atoms with E-state index in [-0.39, 0.29) is 11.4 Å². The number of nitrogens with two attached hydrogens (primary N) is 1. The first-order valence-corrected chi connectivity index (χ1v) is 6.33. The Bertz CT molecular complexity index is 449. The van der Waals surface area contributed by atoms with Gasteiger partial charge in [-0.3, -0.25) is 10.2 Å². The van der Waals surface area contributed by atoms with Crippen molar-refractivity contribution >= 4 is 17.3 Å². The molecule has 0 bridgehead atoms. The Morgan fingerprint density at radius 1 is 1.17 bits per heavy atom. The summed E-state index contributed by atoms with van der Waals surface area (Å²) in [5, 5.41) is 0. The first-order chi connectivity index (χ1) is 8.67. The smallest absolute Gasteiger partial charge is 0.236 e. The standard InChI is InChI=1S/C13H18N4O/c14-10-1-3-11(4-2-10)17-7-5-13(6-8-17)9-12(18)15-16-13/h1-4,16H,5-9,14H2,(H,15,18). The fourth-order valence-corrected chi connectivity index (χ4v) is 2.78. The SMILES string of the molecule is Nc1ccc(N2CCC3(CC2)CC(=O)NN3)cc1. The lowest BCUT2D eigenvalue weighted by Gasteiger charge is -2.39. The molecule has 18 heavy (non-hydrogen) atoms. The van der Waals surface area contributed by atoms with Crippen LogP contribution < -0.4 is 21.5 Å². The molecule has 0 radical (unpaired) electrons. The van der Waals surface area contributed by atoms with Gasteiger partial charge in [0.15, 0.2) is 0 Å².